The second-order valence-electron chi connectivity index (χ2n) is 7.17. The number of piperidine rings is 1. The summed E-state index contributed by atoms with van der Waals surface area (Å²) in [5.74, 6) is 2.01. The van der Waals surface area contributed by atoms with Gasteiger partial charge in [0.25, 0.3) is 0 Å². The van der Waals surface area contributed by atoms with E-state index in [0.29, 0.717) is 40.5 Å². The molecule has 0 bridgehead atoms. The van der Waals surface area contributed by atoms with Crippen LogP contribution in [0.1, 0.15) is 31.2 Å². The summed E-state index contributed by atoms with van der Waals surface area (Å²) in [5, 5.41) is 7.61. The van der Waals surface area contributed by atoms with Crippen LogP contribution in [0.3, 0.4) is 0 Å². The Balaban J connectivity index is 1.55. The first-order valence-corrected chi connectivity index (χ1v) is 10.4. The van der Waals surface area contributed by atoms with Crippen molar-refractivity contribution in [3.63, 3.8) is 0 Å². The topological polar surface area (TPSA) is 89.7 Å². The molecule has 3 aromatic rings. The molecule has 0 saturated carbocycles. The molecule has 1 saturated heterocycles. The summed E-state index contributed by atoms with van der Waals surface area (Å²) in [6.07, 6.45) is 2.61. The Morgan fingerprint density at radius 3 is 2.84 bits per heavy atom. The molecule has 1 aliphatic heterocycles. The molecule has 31 heavy (non-hydrogen) atoms. The molecule has 1 atom stereocenters. The maximum Gasteiger partial charge on any atom is 0.322 e. The fourth-order valence-electron chi connectivity index (χ4n) is 3.64. The van der Waals surface area contributed by atoms with Gasteiger partial charge in [-0.2, -0.15) is 4.98 Å². The molecule has 1 aromatic heterocycles. The van der Waals surface area contributed by atoms with Crippen LogP contribution in [0.25, 0.3) is 11.4 Å². The monoisotopic (exact) mass is 442 g/mol. The molecule has 1 N–H and O–H groups in total. The fourth-order valence-corrected chi connectivity index (χ4v) is 3.83. The molecule has 1 unspecified atom stereocenters. The number of rotatable bonds is 5. The fraction of sp³-hybridized carbons (Fsp3) is 0.318. The first-order valence-electron chi connectivity index (χ1n) is 9.98. The molecule has 0 aliphatic carbocycles. The Hall–Kier alpha value is -3.26. The number of nitrogens with zero attached hydrogens (tertiary/aromatic N) is 3. The third-order valence-electron chi connectivity index (χ3n) is 5.22. The molecule has 0 radical (unpaired) electrons. The minimum atomic E-state index is -0.307. The molecule has 0 spiro atoms. The average Bonchev–Trinajstić information content (AvgIpc) is 3.29. The molecule has 162 valence electrons. The maximum atomic E-state index is 13.1. The van der Waals surface area contributed by atoms with E-state index in [1.54, 1.807) is 49.5 Å². The number of methoxy groups -OCH3 is 2. The smallest absolute Gasteiger partial charge is 0.322 e. The van der Waals surface area contributed by atoms with Crippen molar-refractivity contribution in [3.05, 3.63) is 53.4 Å². The van der Waals surface area contributed by atoms with Crippen LogP contribution in [-0.2, 0) is 0 Å². The Morgan fingerprint density at radius 2 is 2.06 bits per heavy atom. The van der Waals surface area contributed by atoms with Gasteiger partial charge in [-0.3, -0.25) is 0 Å². The van der Waals surface area contributed by atoms with E-state index in [1.165, 1.54) is 0 Å². The summed E-state index contributed by atoms with van der Waals surface area (Å²) in [6.45, 7) is 0.587. The lowest BCUT2D eigenvalue weighted by atomic mass is 10.0. The van der Waals surface area contributed by atoms with Crippen molar-refractivity contribution in [1.29, 1.82) is 0 Å². The van der Waals surface area contributed by atoms with E-state index in [2.05, 4.69) is 15.5 Å². The quantitative estimate of drug-likeness (QED) is 0.586. The van der Waals surface area contributed by atoms with E-state index in [-0.39, 0.29) is 12.1 Å². The summed E-state index contributed by atoms with van der Waals surface area (Å²) in [4.78, 5) is 19.4. The van der Waals surface area contributed by atoms with Crippen molar-refractivity contribution >= 4 is 23.3 Å². The number of urea groups is 1. The maximum absolute atomic E-state index is 13.1. The number of likely N-dealkylation sites (tertiary alicyclic amines) is 1. The third-order valence-corrected chi connectivity index (χ3v) is 5.46. The van der Waals surface area contributed by atoms with Crippen molar-refractivity contribution < 1.29 is 18.8 Å². The SMILES string of the molecule is COc1ccc(NC(=O)N2CCCCC2c2nc(-c3cccc(Cl)c3)no2)c(OC)c1. The lowest BCUT2D eigenvalue weighted by Gasteiger charge is -2.33. The molecule has 9 heteroatoms. The largest absolute Gasteiger partial charge is 0.497 e. The molecular formula is C22H23ClN4O4. The lowest BCUT2D eigenvalue weighted by molar-refractivity contribution is 0.142. The zero-order chi connectivity index (χ0) is 21.8. The number of anilines is 1. The van der Waals surface area contributed by atoms with Crippen LogP contribution in [0.4, 0.5) is 10.5 Å². The number of carbonyl (C=O) groups is 1. The number of aromatic nitrogens is 2. The number of benzene rings is 2. The van der Waals surface area contributed by atoms with Gasteiger partial charge in [0.2, 0.25) is 11.7 Å². The van der Waals surface area contributed by atoms with Gasteiger partial charge < -0.3 is 24.2 Å². The number of hydrogen-bond donors (Lipinski definition) is 1. The summed E-state index contributed by atoms with van der Waals surface area (Å²) in [6, 6.07) is 11.9. The highest BCUT2D eigenvalue weighted by Gasteiger charge is 2.32. The second-order valence-corrected chi connectivity index (χ2v) is 7.60. The minimum Gasteiger partial charge on any atom is -0.497 e. The molecule has 8 nitrogen and oxygen atoms in total. The van der Waals surface area contributed by atoms with Crippen molar-refractivity contribution in [2.45, 2.75) is 25.3 Å². The zero-order valence-electron chi connectivity index (χ0n) is 17.3. The number of hydrogen-bond acceptors (Lipinski definition) is 6. The summed E-state index contributed by atoms with van der Waals surface area (Å²) in [5.41, 5.74) is 1.32. The van der Waals surface area contributed by atoms with Gasteiger partial charge in [0.1, 0.15) is 17.5 Å². The standard InChI is InChI=1S/C22H23ClN4O4/c1-29-16-9-10-17(19(13-16)30-2)24-22(28)27-11-4-3-8-18(27)21-25-20(26-31-21)14-6-5-7-15(23)12-14/h5-7,9-10,12-13,18H,3-4,8,11H2,1-2H3,(H,24,28). The Morgan fingerprint density at radius 1 is 1.19 bits per heavy atom. The van der Waals surface area contributed by atoms with E-state index < -0.39 is 0 Å². The highest BCUT2D eigenvalue weighted by Crippen LogP contribution is 2.34. The van der Waals surface area contributed by atoms with E-state index in [0.717, 1.165) is 24.8 Å². The number of carbonyl (C=O) groups excluding carboxylic acids is 1. The van der Waals surface area contributed by atoms with E-state index in [1.807, 2.05) is 12.1 Å². The van der Waals surface area contributed by atoms with Crippen LogP contribution in [-0.4, -0.2) is 41.8 Å². The number of nitrogens with one attached hydrogen (secondary N) is 1. The first kappa shape index (κ1) is 21.0. The van der Waals surface area contributed by atoms with Crippen LogP contribution in [0.5, 0.6) is 11.5 Å². The predicted octanol–water partition coefficient (Wildman–Crippen LogP) is 5.17. The van der Waals surface area contributed by atoms with Gasteiger partial charge in [-0.1, -0.05) is 28.9 Å². The Kier molecular flexibility index (Phi) is 6.27. The van der Waals surface area contributed by atoms with Crippen molar-refractivity contribution in [2.24, 2.45) is 0 Å². The van der Waals surface area contributed by atoms with Crippen molar-refractivity contribution in [1.82, 2.24) is 15.0 Å². The van der Waals surface area contributed by atoms with Gasteiger partial charge in [0.15, 0.2) is 0 Å². The van der Waals surface area contributed by atoms with Gasteiger partial charge in [0, 0.05) is 23.2 Å². The van der Waals surface area contributed by atoms with Crippen LogP contribution in [0.2, 0.25) is 5.02 Å². The average molecular weight is 443 g/mol. The number of halogens is 1. The van der Waals surface area contributed by atoms with Crippen molar-refractivity contribution in [3.8, 4) is 22.9 Å². The molecule has 2 amide bonds. The summed E-state index contributed by atoms with van der Waals surface area (Å²) in [7, 11) is 3.12. The zero-order valence-corrected chi connectivity index (χ0v) is 18.1. The highest BCUT2D eigenvalue weighted by atomic mass is 35.5. The van der Waals surface area contributed by atoms with Crippen molar-refractivity contribution in [2.75, 3.05) is 26.1 Å². The molecule has 4 rings (SSSR count). The molecular weight excluding hydrogens is 420 g/mol. The van der Waals surface area contributed by atoms with Crippen LogP contribution in [0.15, 0.2) is 47.0 Å². The molecule has 2 heterocycles. The van der Waals surface area contributed by atoms with Gasteiger partial charge in [-0.15, -0.1) is 0 Å². The van der Waals surface area contributed by atoms with Gasteiger partial charge in [-0.05, 0) is 43.5 Å². The van der Waals surface area contributed by atoms with Crippen LogP contribution >= 0.6 is 11.6 Å². The Bertz CT molecular complexity index is 1070. The Labute approximate surface area is 185 Å². The highest BCUT2D eigenvalue weighted by molar-refractivity contribution is 6.30. The van der Waals surface area contributed by atoms with E-state index >= 15 is 0 Å². The van der Waals surface area contributed by atoms with E-state index in [9.17, 15) is 4.79 Å². The number of amides is 2. The summed E-state index contributed by atoms with van der Waals surface area (Å²) >= 11 is 6.07. The van der Waals surface area contributed by atoms with Crippen LogP contribution < -0.4 is 14.8 Å². The number of ether oxygens (including phenoxy) is 2. The predicted molar refractivity (Wildman–Crippen MR) is 117 cm³/mol. The first-order chi connectivity index (χ1) is 15.1. The van der Waals surface area contributed by atoms with Gasteiger partial charge in [-0.25, -0.2) is 4.79 Å². The summed E-state index contributed by atoms with van der Waals surface area (Å²) < 4.78 is 16.1. The molecule has 1 aliphatic rings. The molecule has 2 aromatic carbocycles. The third kappa shape index (κ3) is 4.59. The normalized spacial score (nSPS) is 16.1. The molecule has 1 fully saturated rings. The van der Waals surface area contributed by atoms with Gasteiger partial charge in [0.05, 0.1) is 19.9 Å². The van der Waals surface area contributed by atoms with E-state index in [4.69, 9.17) is 25.6 Å². The second kappa shape index (κ2) is 9.26. The minimum absolute atomic E-state index is 0.254. The van der Waals surface area contributed by atoms with Gasteiger partial charge >= 0.3 is 6.03 Å². The van der Waals surface area contributed by atoms with Crippen LogP contribution in [0, 0.1) is 0 Å². The lowest BCUT2D eigenvalue weighted by Crippen LogP contribution is -2.41.